The standard InChI is InChI=1S/C14H16BrN3O/c1-9-5-11(7-12(15)6-9)14-17-13(18-19-14)10-3-2-4-16-8-10/h5-7,10,16H,2-4,8H2,1H3. The van der Waals surface area contributed by atoms with Crippen LogP contribution in [0.2, 0.25) is 0 Å². The van der Waals surface area contributed by atoms with Crippen molar-refractivity contribution in [1.82, 2.24) is 15.5 Å². The van der Waals surface area contributed by atoms with Crippen LogP contribution in [0.15, 0.2) is 27.2 Å². The van der Waals surface area contributed by atoms with Gasteiger partial charge in [0.05, 0.1) is 0 Å². The van der Waals surface area contributed by atoms with Gasteiger partial charge in [0.1, 0.15) is 0 Å². The second-order valence-electron chi connectivity index (χ2n) is 5.02. The topological polar surface area (TPSA) is 51.0 Å². The molecule has 1 saturated heterocycles. The van der Waals surface area contributed by atoms with Gasteiger partial charge in [0.25, 0.3) is 5.89 Å². The highest BCUT2D eigenvalue weighted by Gasteiger charge is 2.21. The van der Waals surface area contributed by atoms with Crippen molar-refractivity contribution in [3.05, 3.63) is 34.1 Å². The van der Waals surface area contributed by atoms with Crippen LogP contribution in [0, 0.1) is 6.92 Å². The highest BCUT2D eigenvalue weighted by Crippen LogP contribution is 2.26. The molecule has 0 aliphatic carbocycles. The molecule has 1 aromatic carbocycles. The van der Waals surface area contributed by atoms with Gasteiger partial charge in [-0.25, -0.2) is 0 Å². The predicted octanol–water partition coefficient (Wildman–Crippen LogP) is 3.27. The molecular weight excluding hydrogens is 306 g/mol. The summed E-state index contributed by atoms with van der Waals surface area (Å²) in [6, 6.07) is 6.12. The lowest BCUT2D eigenvalue weighted by atomic mass is 9.99. The second kappa shape index (κ2) is 5.43. The lowest BCUT2D eigenvalue weighted by Crippen LogP contribution is -2.28. The zero-order valence-corrected chi connectivity index (χ0v) is 12.4. The van der Waals surface area contributed by atoms with Crippen LogP contribution >= 0.6 is 15.9 Å². The molecule has 1 aliphatic heterocycles. The molecule has 1 fully saturated rings. The summed E-state index contributed by atoms with van der Waals surface area (Å²) in [6.45, 7) is 4.08. The normalized spacial score (nSPS) is 19.6. The summed E-state index contributed by atoms with van der Waals surface area (Å²) in [6.07, 6.45) is 2.30. The molecule has 4 nitrogen and oxygen atoms in total. The third-order valence-corrected chi connectivity index (χ3v) is 3.85. The van der Waals surface area contributed by atoms with Gasteiger partial charge in [0, 0.05) is 22.5 Å². The van der Waals surface area contributed by atoms with Crippen LogP contribution < -0.4 is 5.32 Å². The Bertz CT molecular complexity index is 556. The molecule has 5 heteroatoms. The highest BCUT2D eigenvalue weighted by atomic mass is 79.9. The maximum Gasteiger partial charge on any atom is 0.257 e. The maximum absolute atomic E-state index is 5.40. The van der Waals surface area contributed by atoms with Crippen LogP contribution in [-0.4, -0.2) is 23.2 Å². The van der Waals surface area contributed by atoms with Crippen LogP contribution in [0.3, 0.4) is 0 Å². The van der Waals surface area contributed by atoms with Crippen LogP contribution in [0.5, 0.6) is 0 Å². The van der Waals surface area contributed by atoms with E-state index in [4.69, 9.17) is 4.52 Å². The molecule has 0 saturated carbocycles. The van der Waals surface area contributed by atoms with Crippen molar-refractivity contribution in [2.75, 3.05) is 13.1 Å². The van der Waals surface area contributed by atoms with Crippen molar-refractivity contribution < 1.29 is 4.52 Å². The van der Waals surface area contributed by atoms with E-state index in [1.54, 1.807) is 0 Å². The molecule has 1 atom stereocenters. The van der Waals surface area contributed by atoms with Crippen LogP contribution in [0.4, 0.5) is 0 Å². The lowest BCUT2D eigenvalue weighted by Gasteiger charge is -2.19. The first-order valence-electron chi connectivity index (χ1n) is 6.54. The summed E-state index contributed by atoms with van der Waals surface area (Å²) in [5.41, 5.74) is 2.14. The number of nitrogens with one attached hydrogen (secondary N) is 1. The van der Waals surface area contributed by atoms with Crippen molar-refractivity contribution >= 4 is 15.9 Å². The molecule has 19 heavy (non-hydrogen) atoms. The average Bonchev–Trinajstić information content (AvgIpc) is 2.88. The smallest absolute Gasteiger partial charge is 0.257 e. The largest absolute Gasteiger partial charge is 0.334 e. The number of piperidine rings is 1. The molecule has 0 bridgehead atoms. The Morgan fingerprint density at radius 2 is 2.26 bits per heavy atom. The van der Waals surface area contributed by atoms with E-state index in [1.807, 2.05) is 6.07 Å². The van der Waals surface area contributed by atoms with E-state index in [9.17, 15) is 0 Å². The van der Waals surface area contributed by atoms with Crippen molar-refractivity contribution in [2.24, 2.45) is 0 Å². The fourth-order valence-electron chi connectivity index (χ4n) is 2.45. The number of aryl methyl sites for hydroxylation is 1. The predicted molar refractivity (Wildman–Crippen MR) is 77.0 cm³/mol. The van der Waals surface area contributed by atoms with Gasteiger partial charge in [-0.1, -0.05) is 21.1 Å². The Balaban J connectivity index is 1.87. The lowest BCUT2D eigenvalue weighted by molar-refractivity contribution is 0.393. The summed E-state index contributed by atoms with van der Waals surface area (Å²) in [5, 5.41) is 7.51. The molecule has 2 heterocycles. The minimum atomic E-state index is 0.375. The van der Waals surface area contributed by atoms with Gasteiger partial charge in [0.2, 0.25) is 0 Å². The first-order chi connectivity index (χ1) is 9.22. The van der Waals surface area contributed by atoms with Crippen molar-refractivity contribution in [2.45, 2.75) is 25.7 Å². The summed E-state index contributed by atoms with van der Waals surface area (Å²) in [7, 11) is 0. The molecule has 0 spiro atoms. The summed E-state index contributed by atoms with van der Waals surface area (Å²) < 4.78 is 6.43. The zero-order valence-electron chi connectivity index (χ0n) is 10.8. The Hall–Kier alpha value is -1.20. The molecule has 100 valence electrons. The summed E-state index contributed by atoms with van der Waals surface area (Å²) in [5.74, 6) is 1.80. The fourth-order valence-corrected chi connectivity index (χ4v) is 3.06. The van der Waals surface area contributed by atoms with Gasteiger partial charge in [-0.3, -0.25) is 0 Å². The van der Waals surface area contributed by atoms with Crippen molar-refractivity contribution in [3.8, 4) is 11.5 Å². The molecule has 3 rings (SSSR count). The number of hydrogen-bond acceptors (Lipinski definition) is 4. The highest BCUT2D eigenvalue weighted by molar-refractivity contribution is 9.10. The van der Waals surface area contributed by atoms with Crippen molar-refractivity contribution in [1.29, 1.82) is 0 Å². The summed E-state index contributed by atoms with van der Waals surface area (Å²) >= 11 is 3.49. The second-order valence-corrected chi connectivity index (χ2v) is 5.93. The van der Waals surface area contributed by atoms with Crippen molar-refractivity contribution in [3.63, 3.8) is 0 Å². The quantitative estimate of drug-likeness (QED) is 0.922. The molecule has 0 amide bonds. The SMILES string of the molecule is Cc1cc(Br)cc(-c2nc(C3CCCNC3)no2)c1. The third kappa shape index (κ3) is 2.87. The maximum atomic E-state index is 5.40. The van der Waals surface area contributed by atoms with Gasteiger partial charge in [-0.05, 0) is 50.1 Å². The molecule has 0 radical (unpaired) electrons. The van der Waals surface area contributed by atoms with E-state index in [0.29, 0.717) is 11.8 Å². The van der Waals surface area contributed by atoms with E-state index in [1.165, 1.54) is 12.0 Å². The monoisotopic (exact) mass is 321 g/mol. The van der Waals surface area contributed by atoms with E-state index in [0.717, 1.165) is 35.4 Å². The number of aromatic nitrogens is 2. The molecule has 1 unspecified atom stereocenters. The van der Waals surface area contributed by atoms with Crippen LogP contribution in [-0.2, 0) is 0 Å². The number of rotatable bonds is 2. The minimum Gasteiger partial charge on any atom is -0.334 e. The van der Waals surface area contributed by atoms with Crippen LogP contribution in [0.25, 0.3) is 11.5 Å². The first-order valence-corrected chi connectivity index (χ1v) is 7.33. The van der Waals surface area contributed by atoms with Gasteiger partial charge in [-0.15, -0.1) is 0 Å². The summed E-state index contributed by atoms with van der Waals surface area (Å²) in [4.78, 5) is 4.55. The number of benzene rings is 1. The Morgan fingerprint density at radius 3 is 3.00 bits per heavy atom. The molecular formula is C14H16BrN3O. The fraction of sp³-hybridized carbons (Fsp3) is 0.429. The Labute approximate surface area is 120 Å². The third-order valence-electron chi connectivity index (χ3n) is 3.39. The minimum absolute atomic E-state index is 0.375. The average molecular weight is 322 g/mol. The van der Waals surface area contributed by atoms with Gasteiger partial charge in [-0.2, -0.15) is 4.98 Å². The Morgan fingerprint density at radius 1 is 1.37 bits per heavy atom. The van der Waals surface area contributed by atoms with E-state index in [-0.39, 0.29) is 0 Å². The molecule has 1 aromatic heterocycles. The van der Waals surface area contributed by atoms with Gasteiger partial charge < -0.3 is 9.84 Å². The van der Waals surface area contributed by atoms with Crippen LogP contribution in [0.1, 0.15) is 30.1 Å². The molecule has 1 N–H and O–H groups in total. The Kier molecular flexibility index (Phi) is 3.66. The molecule has 2 aromatic rings. The van der Waals surface area contributed by atoms with E-state index < -0.39 is 0 Å². The number of halogens is 1. The van der Waals surface area contributed by atoms with E-state index >= 15 is 0 Å². The van der Waals surface area contributed by atoms with Gasteiger partial charge >= 0.3 is 0 Å². The van der Waals surface area contributed by atoms with Gasteiger partial charge in [0.15, 0.2) is 5.82 Å². The zero-order chi connectivity index (χ0) is 13.2. The molecule has 1 aliphatic rings. The number of nitrogens with zero attached hydrogens (tertiary/aromatic N) is 2. The van der Waals surface area contributed by atoms with E-state index in [2.05, 4.69) is 50.4 Å². The first kappa shape index (κ1) is 12.8. The number of hydrogen-bond donors (Lipinski definition) is 1.